The second-order valence-electron chi connectivity index (χ2n) is 4.74. The van der Waals surface area contributed by atoms with E-state index in [1.807, 2.05) is 0 Å². The van der Waals surface area contributed by atoms with E-state index in [4.69, 9.17) is 8.83 Å². The number of nitro benzene ring substituents is 1. The van der Waals surface area contributed by atoms with Crippen LogP contribution in [0.3, 0.4) is 0 Å². The van der Waals surface area contributed by atoms with E-state index in [0.29, 0.717) is 5.76 Å². The second-order valence-corrected chi connectivity index (χ2v) is 4.74. The Morgan fingerprint density at radius 3 is 2.74 bits per heavy atom. The quantitative estimate of drug-likeness (QED) is 0.448. The molecule has 116 valence electrons. The minimum atomic E-state index is -0.826. The Morgan fingerprint density at radius 1 is 1.30 bits per heavy atom. The number of aliphatic hydroxyl groups is 1. The van der Waals surface area contributed by atoms with Crippen LogP contribution in [0, 0.1) is 17.0 Å². The molecule has 0 bridgehead atoms. The summed E-state index contributed by atoms with van der Waals surface area (Å²) in [4.78, 5) is 26.1. The lowest BCUT2D eigenvalue weighted by molar-refractivity contribution is -0.384. The van der Waals surface area contributed by atoms with E-state index in [-0.39, 0.29) is 34.0 Å². The Kier molecular flexibility index (Phi) is 3.41. The summed E-state index contributed by atoms with van der Waals surface area (Å²) in [5.41, 5.74) is -0.926. The Labute approximate surface area is 128 Å². The lowest BCUT2D eigenvalue weighted by atomic mass is 10.2. The van der Waals surface area contributed by atoms with Gasteiger partial charge in [-0.1, -0.05) is 0 Å². The minimum Gasteiger partial charge on any atom is -0.504 e. The van der Waals surface area contributed by atoms with Crippen LogP contribution in [-0.2, 0) is 0 Å². The van der Waals surface area contributed by atoms with Gasteiger partial charge in [-0.25, -0.2) is 9.78 Å². The average molecular weight is 314 g/mol. The molecule has 0 saturated heterocycles. The summed E-state index contributed by atoms with van der Waals surface area (Å²) in [5.74, 6) is 0.512. The maximum absolute atomic E-state index is 11.9. The zero-order valence-electron chi connectivity index (χ0n) is 11.8. The zero-order chi connectivity index (χ0) is 16.6. The third kappa shape index (κ3) is 2.82. The smallest absolute Gasteiger partial charge is 0.362 e. The van der Waals surface area contributed by atoms with Gasteiger partial charge in [0.2, 0.25) is 0 Å². The van der Waals surface area contributed by atoms with Gasteiger partial charge in [0, 0.05) is 12.1 Å². The molecule has 0 aliphatic heterocycles. The number of aliphatic hydroxyl groups excluding tert-OH is 1. The van der Waals surface area contributed by atoms with Crippen molar-refractivity contribution in [3.8, 4) is 0 Å². The molecule has 0 spiro atoms. The number of nitrogens with zero attached hydrogens (tertiary/aromatic N) is 2. The first kappa shape index (κ1) is 14.5. The molecule has 1 aromatic carbocycles. The molecule has 0 fully saturated rings. The molecule has 0 aliphatic carbocycles. The average Bonchev–Trinajstić information content (AvgIpc) is 2.94. The van der Waals surface area contributed by atoms with Crippen molar-refractivity contribution in [3.05, 3.63) is 68.1 Å². The summed E-state index contributed by atoms with van der Waals surface area (Å²) in [6.45, 7) is 1.71. The zero-order valence-corrected chi connectivity index (χ0v) is 11.8. The Bertz CT molecular complexity index is 999. The van der Waals surface area contributed by atoms with Gasteiger partial charge in [-0.15, -0.1) is 0 Å². The number of nitro groups is 1. The maximum Gasteiger partial charge on any atom is 0.362 e. The molecule has 2 aromatic heterocycles. The molecule has 0 radical (unpaired) electrons. The molecule has 0 unspecified atom stereocenters. The van der Waals surface area contributed by atoms with Crippen LogP contribution in [0.1, 0.15) is 17.2 Å². The Balaban J connectivity index is 2.08. The largest absolute Gasteiger partial charge is 0.504 e. The van der Waals surface area contributed by atoms with Crippen molar-refractivity contribution in [2.24, 2.45) is 0 Å². The number of hydrogen-bond donors (Lipinski definition) is 1. The summed E-state index contributed by atoms with van der Waals surface area (Å²) in [6, 6.07) is 6.94. The fourth-order valence-corrected chi connectivity index (χ4v) is 1.98. The molecule has 1 N–H and O–H groups in total. The van der Waals surface area contributed by atoms with Gasteiger partial charge in [-0.05, 0) is 25.1 Å². The van der Waals surface area contributed by atoms with Crippen LogP contribution in [0.4, 0.5) is 5.69 Å². The van der Waals surface area contributed by atoms with Gasteiger partial charge in [0.25, 0.3) is 5.69 Å². The SMILES string of the molecule is Cc1ccc(/C(O)=C/c2nc3ccc([N+](=O)[O-])cc3oc2=O)o1. The number of aryl methyl sites for hydroxylation is 1. The van der Waals surface area contributed by atoms with Gasteiger partial charge in [0.15, 0.2) is 22.8 Å². The second kappa shape index (κ2) is 5.41. The minimum absolute atomic E-state index is 0.00492. The monoisotopic (exact) mass is 314 g/mol. The number of benzene rings is 1. The van der Waals surface area contributed by atoms with Crippen LogP contribution in [0.5, 0.6) is 0 Å². The van der Waals surface area contributed by atoms with E-state index in [1.54, 1.807) is 19.1 Å². The molecule has 8 heteroatoms. The highest BCUT2D eigenvalue weighted by Gasteiger charge is 2.12. The molecule has 2 heterocycles. The Hall–Kier alpha value is -3.42. The molecule has 23 heavy (non-hydrogen) atoms. The van der Waals surface area contributed by atoms with Crippen molar-refractivity contribution in [2.75, 3.05) is 0 Å². The first-order chi connectivity index (χ1) is 10.9. The number of fused-ring (bicyclic) bond motifs is 1. The third-order valence-electron chi connectivity index (χ3n) is 3.07. The predicted molar refractivity (Wildman–Crippen MR) is 80.9 cm³/mol. The third-order valence-corrected chi connectivity index (χ3v) is 3.07. The molecule has 3 rings (SSSR count). The van der Waals surface area contributed by atoms with Crippen LogP contribution in [0.15, 0.2) is 44.0 Å². The van der Waals surface area contributed by atoms with Gasteiger partial charge < -0.3 is 13.9 Å². The van der Waals surface area contributed by atoms with Gasteiger partial charge in [0.05, 0.1) is 11.0 Å². The molecule has 0 aliphatic rings. The Morgan fingerprint density at radius 2 is 2.09 bits per heavy atom. The van der Waals surface area contributed by atoms with E-state index < -0.39 is 10.5 Å². The van der Waals surface area contributed by atoms with Gasteiger partial charge >= 0.3 is 5.63 Å². The fourth-order valence-electron chi connectivity index (χ4n) is 1.98. The molecule has 0 saturated carbocycles. The van der Waals surface area contributed by atoms with E-state index in [9.17, 15) is 20.0 Å². The highest BCUT2D eigenvalue weighted by atomic mass is 16.6. The van der Waals surface area contributed by atoms with Crippen LogP contribution < -0.4 is 5.63 Å². The lowest BCUT2D eigenvalue weighted by Crippen LogP contribution is -2.06. The van der Waals surface area contributed by atoms with Gasteiger partial charge in [-0.3, -0.25) is 10.1 Å². The first-order valence-corrected chi connectivity index (χ1v) is 6.51. The molecule has 0 amide bonds. The highest BCUT2D eigenvalue weighted by Crippen LogP contribution is 2.20. The van der Waals surface area contributed by atoms with E-state index >= 15 is 0 Å². The van der Waals surface area contributed by atoms with E-state index in [1.165, 1.54) is 12.1 Å². The predicted octanol–water partition coefficient (Wildman–Crippen LogP) is 3.05. The highest BCUT2D eigenvalue weighted by molar-refractivity contribution is 5.78. The number of furan rings is 1. The molecule has 0 atom stereocenters. The molecular formula is C15H10N2O6. The van der Waals surface area contributed by atoms with Gasteiger partial charge in [0.1, 0.15) is 11.3 Å². The van der Waals surface area contributed by atoms with Crippen molar-refractivity contribution in [2.45, 2.75) is 6.92 Å². The van der Waals surface area contributed by atoms with Crippen LogP contribution in [0.25, 0.3) is 22.9 Å². The van der Waals surface area contributed by atoms with Crippen LogP contribution in [0.2, 0.25) is 0 Å². The van der Waals surface area contributed by atoms with E-state index in [0.717, 1.165) is 12.1 Å². The maximum atomic E-state index is 11.9. The number of aromatic nitrogens is 1. The fraction of sp³-hybridized carbons (Fsp3) is 0.0667. The number of non-ortho nitro benzene ring substituents is 1. The van der Waals surface area contributed by atoms with Crippen molar-refractivity contribution in [3.63, 3.8) is 0 Å². The standard InChI is InChI=1S/C15H10N2O6/c1-8-2-5-13(22-8)12(18)7-11-15(19)23-14-6-9(17(20)21)3-4-10(14)16-11/h2-7,18H,1H3/b12-7-. The lowest BCUT2D eigenvalue weighted by Gasteiger charge is -1.99. The summed E-state index contributed by atoms with van der Waals surface area (Å²) >= 11 is 0. The van der Waals surface area contributed by atoms with Crippen molar-refractivity contribution in [1.82, 2.24) is 4.98 Å². The van der Waals surface area contributed by atoms with E-state index in [2.05, 4.69) is 4.98 Å². The van der Waals surface area contributed by atoms with Crippen molar-refractivity contribution >= 4 is 28.6 Å². The number of hydrogen-bond acceptors (Lipinski definition) is 7. The summed E-state index contributed by atoms with van der Waals surface area (Å²) < 4.78 is 10.3. The van der Waals surface area contributed by atoms with Crippen LogP contribution in [-0.4, -0.2) is 15.0 Å². The summed E-state index contributed by atoms with van der Waals surface area (Å²) in [7, 11) is 0. The molecule has 8 nitrogen and oxygen atoms in total. The van der Waals surface area contributed by atoms with Crippen molar-refractivity contribution in [1.29, 1.82) is 0 Å². The number of rotatable bonds is 3. The topological polar surface area (TPSA) is 120 Å². The normalized spacial score (nSPS) is 11.8. The first-order valence-electron chi connectivity index (χ1n) is 6.51. The van der Waals surface area contributed by atoms with Crippen molar-refractivity contribution < 1.29 is 18.9 Å². The molecule has 3 aromatic rings. The summed E-state index contributed by atoms with van der Waals surface area (Å²) in [6.07, 6.45) is 1.12. The summed E-state index contributed by atoms with van der Waals surface area (Å²) in [5, 5.41) is 20.7. The van der Waals surface area contributed by atoms with Gasteiger partial charge in [-0.2, -0.15) is 0 Å². The van der Waals surface area contributed by atoms with Crippen LogP contribution >= 0.6 is 0 Å². The molecular weight excluding hydrogens is 304 g/mol.